The average molecular weight is 406 g/mol. The summed E-state index contributed by atoms with van der Waals surface area (Å²) in [6.45, 7) is 2.60. The Bertz CT molecular complexity index is 1190. The lowest BCUT2D eigenvalue weighted by molar-refractivity contribution is 0.0596. The van der Waals surface area contributed by atoms with Crippen molar-refractivity contribution < 1.29 is 4.79 Å². The topological polar surface area (TPSA) is 76.3 Å². The quantitative estimate of drug-likeness (QED) is 0.658. The highest BCUT2D eigenvalue weighted by molar-refractivity contribution is 6.04. The van der Waals surface area contributed by atoms with Crippen molar-refractivity contribution in [1.82, 2.24) is 28.9 Å². The van der Waals surface area contributed by atoms with Crippen LogP contribution in [0.2, 0.25) is 0 Å². The fourth-order valence-corrected chi connectivity index (χ4v) is 4.99. The molecule has 0 radical (unpaired) electrons. The summed E-state index contributed by atoms with van der Waals surface area (Å²) in [5.74, 6) is 0.466. The van der Waals surface area contributed by atoms with Gasteiger partial charge in [-0.1, -0.05) is 6.07 Å². The van der Waals surface area contributed by atoms with E-state index in [1.165, 1.54) is 0 Å². The molecule has 2 atom stereocenters. The van der Waals surface area contributed by atoms with Gasteiger partial charge in [0.15, 0.2) is 5.65 Å². The van der Waals surface area contributed by atoms with Gasteiger partial charge in [0.1, 0.15) is 5.52 Å². The number of imidazole rings is 1. The number of hydrogen-bond donors (Lipinski definition) is 0. The predicted molar refractivity (Wildman–Crippen MR) is 113 cm³/mol. The van der Waals surface area contributed by atoms with Crippen LogP contribution in [0.1, 0.15) is 34.0 Å². The van der Waals surface area contributed by atoms with E-state index in [1.54, 1.807) is 18.6 Å². The molecule has 1 fully saturated rings. The van der Waals surface area contributed by atoms with Crippen molar-refractivity contribution in [2.24, 2.45) is 13.0 Å². The van der Waals surface area contributed by atoms with Crippen molar-refractivity contribution in [3.8, 4) is 0 Å². The van der Waals surface area contributed by atoms with Gasteiger partial charge in [-0.15, -0.1) is 0 Å². The molecule has 3 aromatic rings. The summed E-state index contributed by atoms with van der Waals surface area (Å²) in [6, 6.07) is 5.79. The van der Waals surface area contributed by atoms with Gasteiger partial charge in [-0.2, -0.15) is 0 Å². The minimum absolute atomic E-state index is 0.00387. The first kappa shape index (κ1) is 19.0. The molecule has 1 saturated heterocycles. The zero-order chi connectivity index (χ0) is 21.0. The molecule has 2 aliphatic rings. The molecule has 0 aliphatic carbocycles. The zero-order valence-corrected chi connectivity index (χ0v) is 17.6. The Morgan fingerprint density at radius 1 is 1.17 bits per heavy atom. The molecule has 0 saturated carbocycles. The Morgan fingerprint density at radius 3 is 2.80 bits per heavy atom. The summed E-state index contributed by atoms with van der Waals surface area (Å²) in [6.07, 6.45) is 4.38. The molecule has 1 amide bonds. The minimum atomic E-state index is -0.00387. The van der Waals surface area contributed by atoms with Crippen molar-refractivity contribution in [1.29, 1.82) is 0 Å². The highest BCUT2D eigenvalue weighted by atomic mass is 16.2. The number of rotatable bonds is 3. The number of piperidine rings is 1. The summed E-state index contributed by atoms with van der Waals surface area (Å²) >= 11 is 0. The van der Waals surface area contributed by atoms with E-state index in [0.29, 0.717) is 42.9 Å². The molecule has 8 nitrogen and oxygen atoms in total. The number of fused-ring (bicyclic) bond motifs is 5. The number of pyridine rings is 2. The lowest BCUT2D eigenvalue weighted by Crippen LogP contribution is -2.49. The highest BCUT2D eigenvalue weighted by Gasteiger charge is 2.37. The fraction of sp³-hybridized carbons (Fsp3) is 0.455. The van der Waals surface area contributed by atoms with E-state index < -0.39 is 0 Å². The van der Waals surface area contributed by atoms with Gasteiger partial charge < -0.3 is 18.9 Å². The number of nitrogens with zero attached hydrogens (tertiary/aromatic N) is 6. The average Bonchev–Trinajstić information content (AvgIpc) is 3.10. The van der Waals surface area contributed by atoms with Gasteiger partial charge in [0, 0.05) is 56.6 Å². The van der Waals surface area contributed by atoms with Crippen LogP contribution in [0.25, 0.3) is 11.2 Å². The van der Waals surface area contributed by atoms with Crippen molar-refractivity contribution in [2.75, 3.05) is 27.2 Å². The van der Waals surface area contributed by atoms with Crippen LogP contribution >= 0.6 is 0 Å². The third-order valence-electron chi connectivity index (χ3n) is 6.29. The molecule has 0 unspecified atom stereocenters. The van der Waals surface area contributed by atoms with Crippen molar-refractivity contribution in [3.63, 3.8) is 0 Å². The van der Waals surface area contributed by atoms with E-state index >= 15 is 0 Å². The summed E-state index contributed by atoms with van der Waals surface area (Å²) < 4.78 is 3.77. The molecule has 30 heavy (non-hydrogen) atoms. The van der Waals surface area contributed by atoms with E-state index in [4.69, 9.17) is 0 Å². The molecule has 2 bridgehead atoms. The lowest BCUT2D eigenvalue weighted by atomic mass is 9.82. The normalized spacial score (nSPS) is 20.6. The number of aromatic nitrogens is 4. The van der Waals surface area contributed by atoms with Crippen LogP contribution in [0.15, 0.2) is 35.5 Å². The Kier molecular flexibility index (Phi) is 4.47. The van der Waals surface area contributed by atoms with Gasteiger partial charge in [-0.25, -0.2) is 9.97 Å². The SMILES string of the molecule is CN(C)Cc1ccc2n(c1=O)C[C@H]1C[C@@H]2CN(C(=O)c2ccnc3c2ncn3C)C1. The van der Waals surface area contributed by atoms with E-state index in [-0.39, 0.29) is 23.3 Å². The van der Waals surface area contributed by atoms with Gasteiger partial charge in [0.05, 0.1) is 11.9 Å². The Morgan fingerprint density at radius 2 is 2.00 bits per heavy atom. The molecular weight excluding hydrogens is 380 g/mol. The van der Waals surface area contributed by atoms with Crippen LogP contribution in [0.3, 0.4) is 0 Å². The Labute approximate surface area is 174 Å². The number of hydrogen-bond acceptors (Lipinski definition) is 5. The highest BCUT2D eigenvalue weighted by Crippen LogP contribution is 2.36. The van der Waals surface area contributed by atoms with Gasteiger partial charge in [-0.05, 0) is 38.6 Å². The molecule has 0 N–H and O–H groups in total. The maximum atomic E-state index is 13.4. The van der Waals surface area contributed by atoms with Crippen LogP contribution in [0.5, 0.6) is 0 Å². The summed E-state index contributed by atoms with van der Waals surface area (Å²) in [5.41, 5.74) is 3.94. The second-order valence-electron chi connectivity index (χ2n) is 8.83. The monoisotopic (exact) mass is 406 g/mol. The van der Waals surface area contributed by atoms with Crippen molar-refractivity contribution in [2.45, 2.75) is 25.4 Å². The molecule has 156 valence electrons. The largest absolute Gasteiger partial charge is 0.338 e. The van der Waals surface area contributed by atoms with Gasteiger partial charge >= 0.3 is 0 Å². The van der Waals surface area contributed by atoms with Crippen LogP contribution < -0.4 is 5.56 Å². The molecular formula is C22H26N6O2. The molecule has 2 aliphatic heterocycles. The first-order valence-corrected chi connectivity index (χ1v) is 10.3. The Balaban J connectivity index is 1.46. The first-order valence-electron chi connectivity index (χ1n) is 10.3. The first-order chi connectivity index (χ1) is 14.4. The zero-order valence-electron chi connectivity index (χ0n) is 17.6. The van der Waals surface area contributed by atoms with Crippen molar-refractivity contribution >= 4 is 17.1 Å². The number of likely N-dealkylation sites (tertiary alicyclic amines) is 1. The molecule has 5 rings (SSSR count). The maximum Gasteiger partial charge on any atom is 0.256 e. The molecule has 0 aromatic carbocycles. The Hall–Kier alpha value is -3.00. The standard InChI is InChI=1S/C22H26N6O2/c1-25(2)11-15-4-5-18-16-8-14(10-28(18)21(15)29)9-27(12-16)22(30)17-6-7-23-20-19(17)24-13-26(20)3/h4-7,13-14,16H,8-12H2,1-3H3/t14-,16+/m0/s1. The van der Waals surface area contributed by atoms with Crippen LogP contribution in [-0.2, 0) is 20.1 Å². The number of aryl methyl sites for hydroxylation is 1. The third-order valence-corrected chi connectivity index (χ3v) is 6.29. The smallest absolute Gasteiger partial charge is 0.256 e. The summed E-state index contributed by atoms with van der Waals surface area (Å²) in [5, 5.41) is 0. The van der Waals surface area contributed by atoms with Gasteiger partial charge in [-0.3, -0.25) is 9.59 Å². The second-order valence-corrected chi connectivity index (χ2v) is 8.83. The van der Waals surface area contributed by atoms with Crippen LogP contribution in [-0.4, -0.2) is 62.0 Å². The molecule has 3 aromatic heterocycles. The molecule has 5 heterocycles. The summed E-state index contributed by atoms with van der Waals surface area (Å²) in [7, 11) is 5.82. The van der Waals surface area contributed by atoms with Crippen LogP contribution in [0, 0.1) is 5.92 Å². The second kappa shape index (κ2) is 7.05. The summed E-state index contributed by atoms with van der Waals surface area (Å²) in [4.78, 5) is 39.1. The van der Waals surface area contributed by atoms with Gasteiger partial charge in [0.25, 0.3) is 11.5 Å². The van der Waals surface area contributed by atoms with E-state index in [1.807, 2.05) is 46.1 Å². The number of carbonyl (C=O) groups is 1. The lowest BCUT2D eigenvalue weighted by Gasteiger charge is -2.43. The predicted octanol–water partition coefficient (Wildman–Crippen LogP) is 1.45. The molecule has 8 heteroatoms. The number of carbonyl (C=O) groups excluding carboxylic acids is 1. The molecule has 0 spiro atoms. The number of amides is 1. The van der Waals surface area contributed by atoms with Gasteiger partial charge in [0.2, 0.25) is 0 Å². The fourth-order valence-electron chi connectivity index (χ4n) is 4.99. The van der Waals surface area contributed by atoms with E-state index in [9.17, 15) is 9.59 Å². The van der Waals surface area contributed by atoms with E-state index in [2.05, 4.69) is 16.0 Å². The van der Waals surface area contributed by atoms with Crippen molar-refractivity contribution in [3.05, 3.63) is 57.9 Å². The maximum absolute atomic E-state index is 13.4. The third kappa shape index (κ3) is 3.02. The van der Waals surface area contributed by atoms with Crippen LogP contribution in [0.4, 0.5) is 0 Å². The minimum Gasteiger partial charge on any atom is -0.338 e. The van der Waals surface area contributed by atoms with E-state index in [0.717, 1.165) is 17.7 Å².